The summed E-state index contributed by atoms with van der Waals surface area (Å²) in [4.78, 5) is 4.06. The van der Waals surface area contributed by atoms with Crippen LogP contribution in [0.4, 0.5) is 5.82 Å². The second kappa shape index (κ2) is 5.22. The SMILES string of the molecule is CCSCC(N)c1c(C)ccnc1N. The minimum atomic E-state index is -0.00588. The fraction of sp³-hybridized carbons (Fsp3) is 0.500. The van der Waals surface area contributed by atoms with Crippen LogP contribution in [-0.2, 0) is 0 Å². The second-order valence-corrected chi connectivity index (χ2v) is 4.51. The van der Waals surface area contributed by atoms with Crippen molar-refractivity contribution < 1.29 is 0 Å². The van der Waals surface area contributed by atoms with Crippen molar-refractivity contribution in [2.75, 3.05) is 17.2 Å². The highest BCUT2D eigenvalue weighted by Gasteiger charge is 2.12. The van der Waals surface area contributed by atoms with E-state index in [-0.39, 0.29) is 6.04 Å². The Kier molecular flexibility index (Phi) is 4.22. The van der Waals surface area contributed by atoms with E-state index in [9.17, 15) is 0 Å². The van der Waals surface area contributed by atoms with E-state index in [1.54, 1.807) is 6.20 Å². The van der Waals surface area contributed by atoms with Gasteiger partial charge in [0.1, 0.15) is 5.82 Å². The third-order valence-corrected chi connectivity index (χ3v) is 3.11. The lowest BCUT2D eigenvalue weighted by atomic mass is 10.1. The summed E-state index contributed by atoms with van der Waals surface area (Å²) in [6.45, 7) is 4.14. The van der Waals surface area contributed by atoms with Crippen molar-refractivity contribution in [3.8, 4) is 0 Å². The van der Waals surface area contributed by atoms with E-state index in [4.69, 9.17) is 11.5 Å². The number of pyridine rings is 1. The highest BCUT2D eigenvalue weighted by molar-refractivity contribution is 7.99. The molecule has 0 saturated heterocycles. The van der Waals surface area contributed by atoms with Crippen LogP contribution in [0.2, 0.25) is 0 Å². The molecule has 1 rings (SSSR count). The number of nitrogens with two attached hydrogens (primary N) is 2. The summed E-state index contributed by atoms with van der Waals surface area (Å²) in [5.41, 5.74) is 14.0. The molecule has 0 radical (unpaired) electrons. The van der Waals surface area contributed by atoms with Crippen LogP contribution in [0, 0.1) is 6.92 Å². The summed E-state index contributed by atoms with van der Waals surface area (Å²) in [6, 6.07) is 1.94. The van der Waals surface area contributed by atoms with Crippen LogP contribution in [0.5, 0.6) is 0 Å². The van der Waals surface area contributed by atoms with Crippen molar-refractivity contribution in [2.24, 2.45) is 5.73 Å². The zero-order valence-electron chi connectivity index (χ0n) is 8.66. The highest BCUT2D eigenvalue weighted by Crippen LogP contribution is 2.23. The topological polar surface area (TPSA) is 64.9 Å². The molecule has 78 valence electrons. The van der Waals surface area contributed by atoms with Gasteiger partial charge in [0, 0.05) is 23.6 Å². The van der Waals surface area contributed by atoms with Crippen LogP contribution in [0.25, 0.3) is 0 Å². The van der Waals surface area contributed by atoms with E-state index in [0.29, 0.717) is 5.82 Å². The number of nitrogens with zero attached hydrogens (tertiary/aromatic N) is 1. The summed E-state index contributed by atoms with van der Waals surface area (Å²) < 4.78 is 0. The third-order valence-electron chi connectivity index (χ3n) is 2.11. The number of aromatic nitrogens is 1. The van der Waals surface area contributed by atoms with Gasteiger partial charge in [0.25, 0.3) is 0 Å². The molecule has 1 heterocycles. The smallest absolute Gasteiger partial charge is 0.128 e. The summed E-state index contributed by atoms with van der Waals surface area (Å²) in [5.74, 6) is 2.54. The molecule has 1 aromatic heterocycles. The van der Waals surface area contributed by atoms with E-state index in [1.807, 2.05) is 24.8 Å². The van der Waals surface area contributed by atoms with E-state index in [0.717, 1.165) is 22.6 Å². The molecular formula is C10H17N3S. The van der Waals surface area contributed by atoms with Crippen LogP contribution >= 0.6 is 11.8 Å². The Labute approximate surface area is 89.3 Å². The number of nitrogen functional groups attached to an aromatic ring is 1. The molecule has 4 heteroatoms. The molecule has 0 aromatic carbocycles. The molecule has 0 bridgehead atoms. The molecule has 14 heavy (non-hydrogen) atoms. The lowest BCUT2D eigenvalue weighted by Crippen LogP contribution is -2.17. The summed E-state index contributed by atoms with van der Waals surface area (Å²) in [7, 11) is 0. The van der Waals surface area contributed by atoms with Crippen molar-refractivity contribution in [2.45, 2.75) is 19.9 Å². The maximum Gasteiger partial charge on any atom is 0.128 e. The fourth-order valence-corrected chi connectivity index (χ4v) is 2.06. The number of hydrogen-bond acceptors (Lipinski definition) is 4. The van der Waals surface area contributed by atoms with Gasteiger partial charge in [-0.15, -0.1) is 0 Å². The maximum atomic E-state index is 6.04. The number of rotatable bonds is 4. The molecule has 3 nitrogen and oxygen atoms in total. The zero-order valence-corrected chi connectivity index (χ0v) is 9.47. The standard InChI is InChI=1S/C10H17N3S/c1-3-14-6-8(11)9-7(2)4-5-13-10(9)12/h4-5,8H,3,6,11H2,1-2H3,(H2,12,13). The number of anilines is 1. The minimum Gasteiger partial charge on any atom is -0.383 e. The lowest BCUT2D eigenvalue weighted by molar-refractivity contribution is 0.820. The quantitative estimate of drug-likeness (QED) is 0.796. The lowest BCUT2D eigenvalue weighted by Gasteiger charge is -2.15. The van der Waals surface area contributed by atoms with Crippen LogP contribution in [0.3, 0.4) is 0 Å². The molecule has 1 unspecified atom stereocenters. The summed E-state index contributed by atoms with van der Waals surface area (Å²) in [5, 5.41) is 0. The van der Waals surface area contributed by atoms with Gasteiger partial charge >= 0.3 is 0 Å². The maximum absolute atomic E-state index is 6.04. The first-order chi connectivity index (χ1) is 6.66. The van der Waals surface area contributed by atoms with Gasteiger partial charge in [-0.3, -0.25) is 0 Å². The van der Waals surface area contributed by atoms with E-state index >= 15 is 0 Å². The van der Waals surface area contributed by atoms with Gasteiger partial charge < -0.3 is 11.5 Å². The molecule has 0 aliphatic carbocycles. The van der Waals surface area contributed by atoms with E-state index in [1.165, 1.54) is 0 Å². The van der Waals surface area contributed by atoms with Crippen LogP contribution < -0.4 is 11.5 Å². The summed E-state index contributed by atoms with van der Waals surface area (Å²) in [6.07, 6.45) is 1.72. The average molecular weight is 211 g/mol. The first-order valence-corrected chi connectivity index (χ1v) is 5.86. The van der Waals surface area contributed by atoms with Gasteiger partial charge in [-0.05, 0) is 24.3 Å². The molecule has 0 amide bonds. The van der Waals surface area contributed by atoms with Gasteiger partial charge in [0.05, 0.1) is 0 Å². The Morgan fingerprint density at radius 2 is 2.29 bits per heavy atom. The molecule has 0 aliphatic heterocycles. The zero-order chi connectivity index (χ0) is 10.6. The molecule has 0 saturated carbocycles. The van der Waals surface area contributed by atoms with Gasteiger partial charge in [-0.2, -0.15) is 11.8 Å². The van der Waals surface area contributed by atoms with Gasteiger partial charge in [-0.25, -0.2) is 4.98 Å². The largest absolute Gasteiger partial charge is 0.383 e. The van der Waals surface area contributed by atoms with Crippen molar-refractivity contribution in [3.05, 3.63) is 23.4 Å². The number of hydrogen-bond donors (Lipinski definition) is 2. The van der Waals surface area contributed by atoms with Crippen LogP contribution in [0.1, 0.15) is 24.1 Å². The fourth-order valence-electron chi connectivity index (χ4n) is 1.40. The Morgan fingerprint density at radius 3 is 2.86 bits per heavy atom. The van der Waals surface area contributed by atoms with Crippen molar-refractivity contribution in [3.63, 3.8) is 0 Å². The Balaban J connectivity index is 2.82. The third kappa shape index (κ3) is 2.62. The van der Waals surface area contributed by atoms with Crippen molar-refractivity contribution >= 4 is 17.6 Å². The second-order valence-electron chi connectivity index (χ2n) is 3.19. The highest BCUT2D eigenvalue weighted by atomic mass is 32.2. The Bertz CT molecular complexity index is 281. The van der Waals surface area contributed by atoms with Crippen LogP contribution in [-0.4, -0.2) is 16.5 Å². The average Bonchev–Trinajstić information content (AvgIpc) is 2.14. The number of thioether (sulfide) groups is 1. The molecule has 1 aromatic rings. The molecule has 1 atom stereocenters. The van der Waals surface area contributed by atoms with Crippen LogP contribution in [0.15, 0.2) is 12.3 Å². The van der Waals surface area contributed by atoms with E-state index < -0.39 is 0 Å². The Morgan fingerprint density at radius 1 is 1.57 bits per heavy atom. The number of aryl methyl sites for hydroxylation is 1. The predicted octanol–water partition coefficient (Wildman–Crippen LogP) is 1.73. The van der Waals surface area contributed by atoms with E-state index in [2.05, 4.69) is 11.9 Å². The first kappa shape index (κ1) is 11.3. The molecule has 0 fully saturated rings. The monoisotopic (exact) mass is 211 g/mol. The van der Waals surface area contributed by atoms with Crippen molar-refractivity contribution in [1.29, 1.82) is 0 Å². The summed E-state index contributed by atoms with van der Waals surface area (Å²) >= 11 is 1.82. The Hall–Kier alpha value is -0.740. The minimum absolute atomic E-state index is 0.00588. The predicted molar refractivity (Wildman–Crippen MR) is 63.3 cm³/mol. The van der Waals surface area contributed by atoms with Gasteiger partial charge in [0.2, 0.25) is 0 Å². The normalized spacial score (nSPS) is 12.8. The van der Waals surface area contributed by atoms with Crippen molar-refractivity contribution in [1.82, 2.24) is 4.98 Å². The molecule has 0 aliphatic rings. The molecule has 4 N–H and O–H groups in total. The first-order valence-electron chi connectivity index (χ1n) is 4.71. The van der Waals surface area contributed by atoms with Gasteiger partial charge in [-0.1, -0.05) is 6.92 Å². The molecular weight excluding hydrogens is 194 g/mol. The molecule has 0 spiro atoms. The van der Waals surface area contributed by atoms with Gasteiger partial charge in [0.15, 0.2) is 0 Å².